The van der Waals surface area contributed by atoms with Crippen molar-refractivity contribution in [1.29, 1.82) is 0 Å². The Labute approximate surface area is 339 Å². The average Bonchev–Trinajstić information content (AvgIpc) is 3.53. The van der Waals surface area contributed by atoms with Crippen molar-refractivity contribution in [2.45, 2.75) is 5.92 Å². The average molecular weight is 763 g/mol. The minimum atomic E-state index is -3.30. The maximum Gasteiger partial charge on any atom is 0.299 e. The van der Waals surface area contributed by atoms with Crippen LogP contribution in [0.25, 0.3) is 100 Å². The standard InChI is InChI=1S/C53H32F2N4/c54-53(55)45-29-37(51-56-47(35-15-3-1-4-16-35)31-49(58-51)43-23-11-19-33-13-7-9-21-39(33)43)25-27-41(45)42-28-26-38(30-46(42)53)52-57-48(36-17-5-2-6-18-36)32-50(59-52)44-24-12-20-34-14-8-10-22-40(34)44/h1-32H. The van der Waals surface area contributed by atoms with Gasteiger partial charge in [0.25, 0.3) is 5.92 Å². The molecule has 278 valence electrons. The molecule has 0 saturated heterocycles. The van der Waals surface area contributed by atoms with Crippen LogP contribution in [0.3, 0.4) is 0 Å². The quantitative estimate of drug-likeness (QED) is 0.169. The molecular weight excluding hydrogens is 731 g/mol. The Bertz CT molecular complexity index is 3030. The van der Waals surface area contributed by atoms with Gasteiger partial charge in [0.1, 0.15) is 0 Å². The van der Waals surface area contributed by atoms with Gasteiger partial charge in [0.2, 0.25) is 0 Å². The first-order valence-electron chi connectivity index (χ1n) is 19.5. The minimum Gasteiger partial charge on any atom is -0.228 e. The van der Waals surface area contributed by atoms with Gasteiger partial charge in [0, 0.05) is 44.5 Å². The molecule has 0 atom stereocenters. The van der Waals surface area contributed by atoms with Gasteiger partial charge in [0.05, 0.1) is 22.8 Å². The summed E-state index contributed by atoms with van der Waals surface area (Å²) in [5, 5.41) is 4.27. The third-order valence-electron chi connectivity index (χ3n) is 11.2. The summed E-state index contributed by atoms with van der Waals surface area (Å²) in [6, 6.07) is 62.6. The predicted octanol–water partition coefficient (Wildman–Crippen LogP) is 13.7. The van der Waals surface area contributed by atoms with E-state index < -0.39 is 5.92 Å². The third kappa shape index (κ3) is 5.96. The molecule has 59 heavy (non-hydrogen) atoms. The van der Waals surface area contributed by atoms with Crippen LogP contribution in [0, 0.1) is 0 Å². The largest absolute Gasteiger partial charge is 0.299 e. The zero-order valence-electron chi connectivity index (χ0n) is 31.5. The van der Waals surface area contributed by atoms with Crippen LogP contribution >= 0.6 is 0 Å². The molecule has 11 rings (SSSR count). The van der Waals surface area contributed by atoms with Crippen LogP contribution in [0.4, 0.5) is 8.78 Å². The molecule has 2 heterocycles. The first kappa shape index (κ1) is 34.5. The molecule has 2 aromatic heterocycles. The molecular formula is C53H32F2N4. The Morgan fingerprint density at radius 2 is 0.695 bits per heavy atom. The molecule has 0 aliphatic heterocycles. The van der Waals surface area contributed by atoms with Gasteiger partial charge in [-0.2, -0.15) is 8.78 Å². The number of aromatic nitrogens is 4. The molecule has 0 bridgehead atoms. The van der Waals surface area contributed by atoms with Crippen LogP contribution < -0.4 is 0 Å². The number of rotatable bonds is 6. The SMILES string of the molecule is FC1(F)c2cc(-c3nc(-c4ccccc4)cc(-c4cccc5ccccc45)n3)ccc2-c2ccc(-c3nc(-c4ccccc4)cc(-c4cccc5ccccc45)n3)cc21. The van der Waals surface area contributed by atoms with E-state index in [4.69, 9.17) is 19.9 Å². The molecule has 0 fully saturated rings. The van der Waals surface area contributed by atoms with Gasteiger partial charge in [-0.15, -0.1) is 0 Å². The number of benzene rings is 8. The van der Waals surface area contributed by atoms with E-state index in [1.165, 1.54) is 0 Å². The zero-order chi connectivity index (χ0) is 39.5. The van der Waals surface area contributed by atoms with Gasteiger partial charge >= 0.3 is 0 Å². The second-order valence-electron chi connectivity index (χ2n) is 14.8. The van der Waals surface area contributed by atoms with Crippen molar-refractivity contribution in [3.63, 3.8) is 0 Å². The summed E-state index contributed by atoms with van der Waals surface area (Å²) in [6.45, 7) is 0. The highest BCUT2D eigenvalue weighted by Crippen LogP contribution is 2.52. The third-order valence-corrected chi connectivity index (χ3v) is 11.2. The number of fused-ring (bicyclic) bond motifs is 5. The van der Waals surface area contributed by atoms with Crippen LogP contribution in [0.1, 0.15) is 11.1 Å². The Morgan fingerprint density at radius 1 is 0.305 bits per heavy atom. The summed E-state index contributed by atoms with van der Waals surface area (Å²) < 4.78 is 33.9. The normalized spacial score (nSPS) is 12.7. The summed E-state index contributed by atoms with van der Waals surface area (Å²) in [7, 11) is 0. The lowest BCUT2D eigenvalue weighted by molar-refractivity contribution is 0.0481. The lowest BCUT2D eigenvalue weighted by atomic mass is 9.99. The number of nitrogens with zero attached hydrogens (tertiary/aromatic N) is 4. The Balaban J connectivity index is 1.02. The molecule has 0 unspecified atom stereocenters. The second-order valence-corrected chi connectivity index (χ2v) is 14.8. The first-order chi connectivity index (χ1) is 29.0. The van der Waals surface area contributed by atoms with Crippen molar-refractivity contribution in [3.8, 4) is 78.9 Å². The molecule has 0 amide bonds. The number of hydrogen-bond donors (Lipinski definition) is 0. The summed E-state index contributed by atoms with van der Waals surface area (Å²) >= 11 is 0. The molecule has 8 aromatic carbocycles. The van der Waals surface area contributed by atoms with Crippen molar-refractivity contribution < 1.29 is 8.78 Å². The highest BCUT2D eigenvalue weighted by Gasteiger charge is 2.45. The van der Waals surface area contributed by atoms with Gasteiger partial charge in [-0.25, -0.2) is 19.9 Å². The molecule has 10 aromatic rings. The van der Waals surface area contributed by atoms with Crippen LogP contribution in [0.2, 0.25) is 0 Å². The maximum atomic E-state index is 17.0. The zero-order valence-corrected chi connectivity index (χ0v) is 31.5. The maximum absolute atomic E-state index is 17.0. The van der Waals surface area contributed by atoms with Gasteiger partial charge in [-0.3, -0.25) is 0 Å². The summed E-state index contributed by atoms with van der Waals surface area (Å²) in [4.78, 5) is 20.0. The molecule has 6 heteroatoms. The molecule has 1 aliphatic rings. The Kier molecular flexibility index (Phi) is 8.05. The fourth-order valence-corrected chi connectivity index (χ4v) is 8.34. The summed E-state index contributed by atoms with van der Waals surface area (Å²) in [6.07, 6.45) is 0. The van der Waals surface area contributed by atoms with E-state index in [0.29, 0.717) is 56.7 Å². The number of halogens is 2. The summed E-state index contributed by atoms with van der Waals surface area (Å²) in [5.74, 6) is -2.56. The molecule has 0 N–H and O–H groups in total. The molecule has 4 nitrogen and oxygen atoms in total. The first-order valence-corrected chi connectivity index (χ1v) is 19.5. The minimum absolute atomic E-state index is 0.0852. The molecule has 0 radical (unpaired) electrons. The van der Waals surface area contributed by atoms with Gasteiger partial charge in [0.15, 0.2) is 11.6 Å². The fourth-order valence-electron chi connectivity index (χ4n) is 8.34. The highest BCUT2D eigenvalue weighted by molar-refractivity contribution is 5.98. The van der Waals surface area contributed by atoms with Crippen LogP contribution in [-0.2, 0) is 5.92 Å². The molecule has 0 saturated carbocycles. The second kappa shape index (κ2) is 13.7. The fraction of sp³-hybridized carbons (Fsp3) is 0.0189. The molecule has 0 spiro atoms. The van der Waals surface area contributed by atoms with Gasteiger partial charge in [-0.1, -0.05) is 170 Å². The predicted molar refractivity (Wildman–Crippen MR) is 234 cm³/mol. The smallest absolute Gasteiger partial charge is 0.228 e. The number of alkyl halides is 2. The van der Waals surface area contributed by atoms with E-state index in [2.05, 4.69) is 36.4 Å². The Morgan fingerprint density at radius 3 is 1.15 bits per heavy atom. The van der Waals surface area contributed by atoms with E-state index in [-0.39, 0.29) is 11.1 Å². The van der Waals surface area contributed by atoms with Crippen LogP contribution in [0.15, 0.2) is 194 Å². The van der Waals surface area contributed by atoms with Crippen LogP contribution in [0.5, 0.6) is 0 Å². The lowest BCUT2D eigenvalue weighted by Gasteiger charge is -2.15. The van der Waals surface area contributed by atoms with Gasteiger partial charge < -0.3 is 0 Å². The lowest BCUT2D eigenvalue weighted by Crippen LogP contribution is -2.11. The van der Waals surface area contributed by atoms with Crippen molar-refractivity contribution >= 4 is 21.5 Å². The van der Waals surface area contributed by atoms with E-state index in [1.807, 2.05) is 133 Å². The monoisotopic (exact) mass is 762 g/mol. The van der Waals surface area contributed by atoms with Gasteiger partial charge in [-0.05, 0) is 56.9 Å². The van der Waals surface area contributed by atoms with Crippen molar-refractivity contribution in [2.24, 2.45) is 0 Å². The van der Waals surface area contributed by atoms with Crippen molar-refractivity contribution in [1.82, 2.24) is 19.9 Å². The van der Waals surface area contributed by atoms with E-state index >= 15 is 8.78 Å². The van der Waals surface area contributed by atoms with Crippen LogP contribution in [-0.4, -0.2) is 19.9 Å². The highest BCUT2D eigenvalue weighted by atomic mass is 19.3. The van der Waals surface area contributed by atoms with E-state index in [0.717, 1.165) is 43.8 Å². The Hall–Kier alpha value is -7.70. The van der Waals surface area contributed by atoms with E-state index in [9.17, 15) is 0 Å². The molecule has 1 aliphatic carbocycles. The number of hydrogen-bond acceptors (Lipinski definition) is 4. The van der Waals surface area contributed by atoms with Crippen molar-refractivity contribution in [3.05, 3.63) is 205 Å². The van der Waals surface area contributed by atoms with E-state index in [1.54, 1.807) is 24.3 Å². The summed E-state index contributed by atoms with van der Waals surface area (Å²) in [5.41, 5.74) is 8.34. The van der Waals surface area contributed by atoms with Crippen molar-refractivity contribution in [2.75, 3.05) is 0 Å². The topological polar surface area (TPSA) is 51.6 Å².